The molecule has 0 rings (SSSR count). The van der Waals surface area contributed by atoms with Gasteiger partial charge in [0, 0.05) is 12.0 Å². The molecule has 0 unspecified atom stereocenters. The van der Waals surface area contributed by atoms with Crippen LogP contribution in [0.15, 0.2) is 11.6 Å². The molecule has 3 heteroatoms. The molecule has 0 aliphatic carbocycles. The standard InChI is InChI=1S/C7H9NO2/c1-6(7(9)10)4-2-3-5-8/h4H,2-3H2,1H3,(H,9,10). The predicted octanol–water partition coefficient (Wildman–Crippen LogP) is 1.32. The Morgan fingerprint density at radius 2 is 2.40 bits per heavy atom. The van der Waals surface area contributed by atoms with E-state index in [1.54, 1.807) is 6.08 Å². The van der Waals surface area contributed by atoms with Crippen molar-refractivity contribution in [3.05, 3.63) is 11.6 Å². The van der Waals surface area contributed by atoms with Crippen LogP contribution in [0.1, 0.15) is 19.8 Å². The number of nitrogens with zero attached hydrogens (tertiary/aromatic N) is 1. The van der Waals surface area contributed by atoms with Crippen molar-refractivity contribution in [1.29, 1.82) is 5.26 Å². The second-order valence-electron chi connectivity index (χ2n) is 1.89. The Kier molecular flexibility index (Phi) is 3.97. The Labute approximate surface area is 59.6 Å². The lowest BCUT2D eigenvalue weighted by Gasteiger charge is -1.88. The Balaban J connectivity index is 3.72. The van der Waals surface area contributed by atoms with Gasteiger partial charge in [0.05, 0.1) is 6.07 Å². The molecular formula is C7H9NO2. The minimum Gasteiger partial charge on any atom is -0.478 e. The molecule has 0 aromatic carbocycles. The summed E-state index contributed by atoms with van der Waals surface area (Å²) in [5.74, 6) is -0.919. The molecule has 3 nitrogen and oxygen atoms in total. The largest absolute Gasteiger partial charge is 0.478 e. The van der Waals surface area contributed by atoms with Gasteiger partial charge in [-0.2, -0.15) is 5.26 Å². The quantitative estimate of drug-likeness (QED) is 0.473. The number of hydrogen-bond acceptors (Lipinski definition) is 2. The van der Waals surface area contributed by atoms with E-state index in [-0.39, 0.29) is 0 Å². The highest BCUT2D eigenvalue weighted by atomic mass is 16.4. The van der Waals surface area contributed by atoms with E-state index < -0.39 is 5.97 Å². The maximum atomic E-state index is 10.1. The van der Waals surface area contributed by atoms with E-state index >= 15 is 0 Å². The molecule has 0 radical (unpaired) electrons. The van der Waals surface area contributed by atoms with E-state index in [1.165, 1.54) is 6.92 Å². The summed E-state index contributed by atoms with van der Waals surface area (Å²) in [6.07, 6.45) is 2.45. The van der Waals surface area contributed by atoms with Crippen molar-refractivity contribution in [1.82, 2.24) is 0 Å². The molecule has 0 fully saturated rings. The average molecular weight is 139 g/mol. The Morgan fingerprint density at radius 1 is 1.80 bits per heavy atom. The third kappa shape index (κ3) is 3.67. The van der Waals surface area contributed by atoms with Crippen LogP contribution in [0.2, 0.25) is 0 Å². The van der Waals surface area contributed by atoms with E-state index in [2.05, 4.69) is 0 Å². The van der Waals surface area contributed by atoms with E-state index in [4.69, 9.17) is 10.4 Å². The highest BCUT2D eigenvalue weighted by Gasteiger charge is 1.96. The van der Waals surface area contributed by atoms with Crippen LogP contribution >= 0.6 is 0 Å². The van der Waals surface area contributed by atoms with E-state index in [1.807, 2.05) is 6.07 Å². The summed E-state index contributed by atoms with van der Waals surface area (Å²) in [5.41, 5.74) is 0.301. The van der Waals surface area contributed by atoms with Crippen molar-refractivity contribution >= 4 is 5.97 Å². The topological polar surface area (TPSA) is 61.1 Å². The monoisotopic (exact) mass is 139 g/mol. The second-order valence-corrected chi connectivity index (χ2v) is 1.89. The highest BCUT2D eigenvalue weighted by Crippen LogP contribution is 1.96. The van der Waals surface area contributed by atoms with Crippen molar-refractivity contribution in [2.75, 3.05) is 0 Å². The van der Waals surface area contributed by atoms with Crippen LogP contribution in [0.25, 0.3) is 0 Å². The SMILES string of the molecule is CC(=CCCC#N)C(=O)O. The third-order valence-corrected chi connectivity index (χ3v) is 1.04. The van der Waals surface area contributed by atoms with E-state index in [9.17, 15) is 4.79 Å². The lowest BCUT2D eigenvalue weighted by Crippen LogP contribution is -1.95. The maximum absolute atomic E-state index is 10.1. The highest BCUT2D eigenvalue weighted by molar-refractivity contribution is 5.85. The van der Waals surface area contributed by atoms with E-state index in [0.717, 1.165) is 0 Å². The van der Waals surface area contributed by atoms with Gasteiger partial charge < -0.3 is 5.11 Å². The molecule has 0 aromatic rings. The molecule has 0 aromatic heterocycles. The number of carbonyl (C=O) groups is 1. The van der Waals surface area contributed by atoms with Gasteiger partial charge in [-0.25, -0.2) is 4.79 Å². The first kappa shape index (κ1) is 8.70. The van der Waals surface area contributed by atoms with E-state index in [0.29, 0.717) is 18.4 Å². The summed E-state index contributed by atoms with van der Waals surface area (Å²) in [5, 5.41) is 16.4. The molecule has 0 atom stereocenters. The third-order valence-electron chi connectivity index (χ3n) is 1.04. The van der Waals surface area contributed by atoms with Gasteiger partial charge in [-0.15, -0.1) is 0 Å². The van der Waals surface area contributed by atoms with Crippen molar-refractivity contribution in [3.63, 3.8) is 0 Å². The van der Waals surface area contributed by atoms with Crippen LogP contribution in [0.5, 0.6) is 0 Å². The molecule has 0 aliphatic rings. The van der Waals surface area contributed by atoms with Crippen molar-refractivity contribution in [3.8, 4) is 6.07 Å². The Hall–Kier alpha value is -1.30. The van der Waals surface area contributed by atoms with Crippen molar-refractivity contribution < 1.29 is 9.90 Å². The summed E-state index contributed by atoms with van der Waals surface area (Å²) in [6.45, 7) is 1.51. The molecule has 0 heterocycles. The van der Waals surface area contributed by atoms with Crippen LogP contribution in [0, 0.1) is 11.3 Å². The van der Waals surface area contributed by atoms with Crippen LogP contribution in [0.3, 0.4) is 0 Å². The zero-order chi connectivity index (χ0) is 7.98. The van der Waals surface area contributed by atoms with Gasteiger partial charge in [-0.1, -0.05) is 6.08 Å². The van der Waals surface area contributed by atoms with Crippen molar-refractivity contribution in [2.24, 2.45) is 0 Å². The van der Waals surface area contributed by atoms with Crippen LogP contribution < -0.4 is 0 Å². The zero-order valence-corrected chi connectivity index (χ0v) is 5.79. The van der Waals surface area contributed by atoms with Gasteiger partial charge in [-0.3, -0.25) is 0 Å². The molecule has 10 heavy (non-hydrogen) atoms. The fraction of sp³-hybridized carbons (Fsp3) is 0.429. The van der Waals surface area contributed by atoms with Crippen molar-refractivity contribution in [2.45, 2.75) is 19.8 Å². The minimum atomic E-state index is -0.919. The summed E-state index contributed by atoms with van der Waals surface area (Å²) >= 11 is 0. The van der Waals surface area contributed by atoms with Gasteiger partial charge in [0.25, 0.3) is 0 Å². The molecule has 0 bridgehead atoms. The number of rotatable bonds is 3. The Bertz CT molecular complexity index is 188. The number of unbranched alkanes of at least 4 members (excludes halogenated alkanes) is 1. The van der Waals surface area contributed by atoms with Gasteiger partial charge >= 0.3 is 5.97 Å². The number of carboxylic acid groups (broad SMARTS) is 1. The lowest BCUT2D eigenvalue weighted by molar-refractivity contribution is -0.132. The Morgan fingerprint density at radius 3 is 2.80 bits per heavy atom. The normalized spacial score (nSPS) is 10.6. The maximum Gasteiger partial charge on any atom is 0.330 e. The molecule has 0 saturated carbocycles. The predicted molar refractivity (Wildman–Crippen MR) is 36.2 cm³/mol. The fourth-order valence-corrected chi connectivity index (χ4v) is 0.441. The molecule has 0 amide bonds. The zero-order valence-electron chi connectivity index (χ0n) is 5.79. The smallest absolute Gasteiger partial charge is 0.330 e. The minimum absolute atomic E-state index is 0.301. The summed E-state index contributed by atoms with van der Waals surface area (Å²) < 4.78 is 0. The summed E-state index contributed by atoms with van der Waals surface area (Å²) in [4.78, 5) is 10.1. The molecule has 1 N–H and O–H groups in total. The van der Waals surface area contributed by atoms with Gasteiger partial charge in [-0.05, 0) is 13.3 Å². The molecule has 54 valence electrons. The van der Waals surface area contributed by atoms with Gasteiger partial charge in [0.2, 0.25) is 0 Å². The summed E-state index contributed by atoms with van der Waals surface area (Å²) in [7, 11) is 0. The van der Waals surface area contributed by atoms with Crippen LogP contribution in [-0.4, -0.2) is 11.1 Å². The second kappa shape index (κ2) is 4.57. The number of hydrogen-bond donors (Lipinski definition) is 1. The molecule has 0 spiro atoms. The number of allylic oxidation sites excluding steroid dienone is 1. The average Bonchev–Trinajstić information content (AvgIpc) is 1.88. The number of carboxylic acids is 1. The van der Waals surface area contributed by atoms with Crippen LogP contribution in [0.4, 0.5) is 0 Å². The first-order chi connectivity index (χ1) is 4.68. The first-order valence-corrected chi connectivity index (χ1v) is 2.95. The van der Waals surface area contributed by atoms with Gasteiger partial charge in [0.1, 0.15) is 0 Å². The first-order valence-electron chi connectivity index (χ1n) is 2.95. The molecule has 0 aliphatic heterocycles. The molecule has 0 saturated heterocycles. The summed E-state index contributed by atoms with van der Waals surface area (Å²) in [6, 6.07) is 1.92. The van der Waals surface area contributed by atoms with Crippen LogP contribution in [-0.2, 0) is 4.79 Å². The van der Waals surface area contributed by atoms with Gasteiger partial charge in [0.15, 0.2) is 0 Å². The fourth-order valence-electron chi connectivity index (χ4n) is 0.441. The lowest BCUT2D eigenvalue weighted by atomic mass is 10.2. The number of nitriles is 1. The number of aliphatic carboxylic acids is 1. The molecular weight excluding hydrogens is 130 g/mol.